The number of rotatable bonds is 30. The molecule has 3 aliphatic heterocycles. The fraction of sp³-hybridized carbons (Fsp3) is 0.510. The third-order valence-corrected chi connectivity index (χ3v) is 11.2. The summed E-state index contributed by atoms with van der Waals surface area (Å²) < 4.78 is 41.7. The second kappa shape index (κ2) is 25.5. The fourth-order valence-electron chi connectivity index (χ4n) is 7.87. The van der Waals surface area contributed by atoms with Crippen LogP contribution in [0.5, 0.6) is 0 Å². The molecule has 5 rings (SSSR count). The fourth-order valence-corrected chi connectivity index (χ4v) is 7.87. The first-order chi connectivity index (χ1) is 30.6. The van der Waals surface area contributed by atoms with Crippen LogP contribution in [0.25, 0.3) is 0 Å². The van der Waals surface area contributed by atoms with Crippen LogP contribution in [0.3, 0.4) is 0 Å². The van der Waals surface area contributed by atoms with Crippen molar-refractivity contribution in [3.8, 4) is 0 Å². The SMILES string of the molecule is COCCOCCOCCOCCN1/C(=C/C=C/C=C/C2=[N+](CCOCCOCCOCCNC(=O)CCN3C(=O)C=CC3=O)c3ccccc3C2(C)C)C(C)(C)c2ccccc21. The third kappa shape index (κ3) is 14.1. The van der Waals surface area contributed by atoms with Gasteiger partial charge < -0.3 is 43.4 Å². The number of nitrogens with one attached hydrogen (secondary N) is 1. The highest BCUT2D eigenvalue weighted by atomic mass is 16.6. The Morgan fingerprint density at radius 2 is 1.21 bits per heavy atom. The number of carbonyl (C=O) groups is 3. The molecule has 0 bridgehead atoms. The molecule has 0 spiro atoms. The monoisotopic (exact) mass is 871 g/mol. The van der Waals surface area contributed by atoms with E-state index in [1.54, 1.807) is 7.11 Å². The molecular weight excluding hydrogens is 805 g/mol. The highest BCUT2D eigenvalue weighted by Crippen LogP contribution is 2.47. The number of allylic oxidation sites excluding steroid dienone is 6. The quantitative estimate of drug-likeness (QED) is 0.0490. The van der Waals surface area contributed by atoms with Crippen molar-refractivity contribution in [2.75, 3.05) is 124 Å². The van der Waals surface area contributed by atoms with Gasteiger partial charge in [-0.25, -0.2) is 0 Å². The van der Waals surface area contributed by atoms with Crippen molar-refractivity contribution in [1.29, 1.82) is 0 Å². The summed E-state index contributed by atoms with van der Waals surface area (Å²) in [6.45, 7) is 17.3. The van der Waals surface area contributed by atoms with Crippen LogP contribution in [-0.4, -0.2) is 152 Å². The Bertz CT molecular complexity index is 1950. The molecule has 3 aliphatic rings. The number of carbonyl (C=O) groups excluding carboxylic acids is 3. The van der Waals surface area contributed by atoms with Crippen molar-refractivity contribution in [1.82, 2.24) is 10.2 Å². The molecular formula is C49H67N4O10+. The van der Waals surface area contributed by atoms with Gasteiger partial charge >= 0.3 is 0 Å². The largest absolute Gasteiger partial charge is 0.382 e. The van der Waals surface area contributed by atoms with Gasteiger partial charge in [0.1, 0.15) is 6.61 Å². The van der Waals surface area contributed by atoms with E-state index in [4.69, 9.17) is 33.2 Å². The molecule has 0 radical (unpaired) electrons. The standard InChI is InChI=1S/C49H66N4O10/c1-48(2)39-13-9-11-15-41(39)51(24-27-59-32-35-62-34-31-58-26-22-50-45(54)21-23-53-46(55)19-20-47(53)56)43(48)17-7-6-8-18-44-49(3,4)40-14-10-12-16-42(40)52(44)25-28-60-33-36-63-38-37-61-30-29-57-5/h6-20H,21-38H2,1-5H3/p+1. The molecule has 342 valence electrons. The lowest BCUT2D eigenvalue weighted by atomic mass is 9.81. The van der Waals surface area contributed by atoms with Gasteiger partial charge in [0.15, 0.2) is 12.3 Å². The lowest BCUT2D eigenvalue weighted by molar-refractivity contribution is -0.442. The third-order valence-electron chi connectivity index (χ3n) is 11.2. The van der Waals surface area contributed by atoms with Gasteiger partial charge in [-0.15, -0.1) is 0 Å². The first-order valence-corrected chi connectivity index (χ1v) is 22.0. The summed E-state index contributed by atoms with van der Waals surface area (Å²) in [6.07, 6.45) is 13.3. The van der Waals surface area contributed by atoms with Crippen molar-refractivity contribution < 1.29 is 52.1 Å². The summed E-state index contributed by atoms with van der Waals surface area (Å²) in [5.74, 6) is -1.03. The molecule has 0 unspecified atom stereocenters. The minimum Gasteiger partial charge on any atom is -0.382 e. The summed E-state index contributed by atoms with van der Waals surface area (Å²) in [5, 5.41) is 2.73. The van der Waals surface area contributed by atoms with Gasteiger partial charge in [-0.2, -0.15) is 4.58 Å². The van der Waals surface area contributed by atoms with Gasteiger partial charge in [0.2, 0.25) is 11.6 Å². The summed E-state index contributed by atoms with van der Waals surface area (Å²) >= 11 is 0. The number of ether oxygens (including phenoxy) is 7. The van der Waals surface area contributed by atoms with Crippen LogP contribution in [0, 0.1) is 0 Å². The molecule has 0 aliphatic carbocycles. The predicted molar refractivity (Wildman–Crippen MR) is 243 cm³/mol. The molecule has 2 aromatic carbocycles. The molecule has 0 aromatic heterocycles. The zero-order valence-electron chi connectivity index (χ0n) is 37.8. The molecule has 0 fully saturated rings. The van der Waals surface area contributed by atoms with E-state index in [9.17, 15) is 14.4 Å². The van der Waals surface area contributed by atoms with Crippen molar-refractivity contribution in [3.05, 3.63) is 108 Å². The average Bonchev–Trinajstić information content (AvgIpc) is 3.80. The van der Waals surface area contributed by atoms with Crippen LogP contribution in [0.1, 0.15) is 45.2 Å². The molecule has 0 atom stereocenters. The maximum Gasteiger partial charge on any atom is 0.253 e. The van der Waals surface area contributed by atoms with E-state index in [0.29, 0.717) is 99.0 Å². The number of amides is 3. The van der Waals surface area contributed by atoms with E-state index in [2.05, 4.69) is 121 Å². The number of benzene rings is 2. The molecule has 14 heteroatoms. The second-order valence-corrected chi connectivity index (χ2v) is 16.2. The molecule has 14 nitrogen and oxygen atoms in total. The second-order valence-electron chi connectivity index (χ2n) is 16.2. The van der Waals surface area contributed by atoms with Gasteiger partial charge in [0, 0.05) is 79.8 Å². The maximum atomic E-state index is 12.0. The Balaban J connectivity index is 1.05. The van der Waals surface area contributed by atoms with Crippen molar-refractivity contribution >= 4 is 34.8 Å². The lowest BCUT2D eigenvalue weighted by Crippen LogP contribution is -2.35. The van der Waals surface area contributed by atoms with E-state index < -0.39 is 11.8 Å². The lowest BCUT2D eigenvalue weighted by Gasteiger charge is -2.27. The average molecular weight is 872 g/mol. The number of imide groups is 1. The van der Waals surface area contributed by atoms with Gasteiger partial charge in [-0.1, -0.05) is 68.5 Å². The van der Waals surface area contributed by atoms with Gasteiger partial charge in [-0.05, 0) is 31.6 Å². The highest BCUT2D eigenvalue weighted by molar-refractivity contribution is 6.13. The molecule has 2 aromatic rings. The van der Waals surface area contributed by atoms with Crippen LogP contribution in [0.15, 0.2) is 96.8 Å². The van der Waals surface area contributed by atoms with Crippen LogP contribution in [0.2, 0.25) is 0 Å². The minimum absolute atomic E-state index is 0.0505. The number of hydrogen-bond donors (Lipinski definition) is 1. The molecule has 63 heavy (non-hydrogen) atoms. The Morgan fingerprint density at radius 1 is 0.635 bits per heavy atom. The van der Waals surface area contributed by atoms with Crippen LogP contribution in [-0.2, 0) is 58.4 Å². The van der Waals surface area contributed by atoms with E-state index >= 15 is 0 Å². The molecule has 0 saturated heterocycles. The van der Waals surface area contributed by atoms with Crippen molar-refractivity contribution in [3.63, 3.8) is 0 Å². The molecule has 1 N–H and O–H groups in total. The molecule has 3 amide bonds. The van der Waals surface area contributed by atoms with Gasteiger partial charge in [-0.3, -0.25) is 19.3 Å². The van der Waals surface area contributed by atoms with Gasteiger partial charge in [0.05, 0.1) is 84.7 Å². The van der Waals surface area contributed by atoms with E-state index in [-0.39, 0.29) is 29.7 Å². The predicted octanol–water partition coefficient (Wildman–Crippen LogP) is 5.03. The smallest absolute Gasteiger partial charge is 0.253 e. The van der Waals surface area contributed by atoms with E-state index in [1.165, 1.54) is 46.1 Å². The normalized spacial score (nSPS) is 17.1. The Labute approximate surface area is 373 Å². The van der Waals surface area contributed by atoms with E-state index in [1.807, 2.05) is 0 Å². The van der Waals surface area contributed by atoms with E-state index in [0.717, 1.165) is 11.4 Å². The first kappa shape index (κ1) is 49.2. The first-order valence-electron chi connectivity index (χ1n) is 22.0. The zero-order valence-corrected chi connectivity index (χ0v) is 37.8. The zero-order chi connectivity index (χ0) is 44.9. The Morgan fingerprint density at radius 3 is 1.87 bits per heavy atom. The number of para-hydroxylation sites is 2. The number of hydrogen-bond acceptors (Lipinski definition) is 11. The Hall–Kier alpha value is -4.80. The topological polar surface area (TPSA) is 137 Å². The highest BCUT2D eigenvalue weighted by Gasteiger charge is 2.44. The Kier molecular flexibility index (Phi) is 19.9. The van der Waals surface area contributed by atoms with Crippen LogP contribution in [0.4, 0.5) is 11.4 Å². The maximum absolute atomic E-state index is 12.0. The number of methoxy groups -OCH3 is 1. The van der Waals surface area contributed by atoms with Crippen LogP contribution < -0.4 is 10.2 Å². The summed E-state index contributed by atoms with van der Waals surface area (Å²) in [7, 11) is 1.66. The summed E-state index contributed by atoms with van der Waals surface area (Å²) in [4.78, 5) is 38.6. The number of fused-ring (bicyclic) bond motifs is 2. The number of nitrogens with zero attached hydrogens (tertiary/aromatic N) is 3. The minimum atomic E-state index is -0.394. The van der Waals surface area contributed by atoms with Gasteiger partial charge in [0.25, 0.3) is 11.8 Å². The van der Waals surface area contributed by atoms with Crippen molar-refractivity contribution in [2.45, 2.75) is 44.9 Å². The molecule has 3 heterocycles. The molecule has 0 saturated carbocycles. The summed E-state index contributed by atoms with van der Waals surface area (Å²) in [6, 6.07) is 17.2. The van der Waals surface area contributed by atoms with Crippen LogP contribution >= 0.6 is 0 Å². The van der Waals surface area contributed by atoms with Crippen molar-refractivity contribution in [2.24, 2.45) is 0 Å². The summed E-state index contributed by atoms with van der Waals surface area (Å²) in [5.41, 5.74) is 7.07. The number of anilines is 1.